The van der Waals surface area contributed by atoms with E-state index in [0.717, 1.165) is 28.2 Å². The molecule has 6 heteroatoms. The number of aryl methyl sites for hydroxylation is 1. The van der Waals surface area contributed by atoms with Crippen molar-refractivity contribution in [3.05, 3.63) is 108 Å². The summed E-state index contributed by atoms with van der Waals surface area (Å²) in [6.45, 7) is 2.37. The van der Waals surface area contributed by atoms with E-state index in [9.17, 15) is 4.79 Å². The minimum atomic E-state index is -0.185. The maximum Gasteiger partial charge on any atom is 0.255 e. The average molecular weight is 407 g/mol. The van der Waals surface area contributed by atoms with Gasteiger partial charge in [-0.3, -0.25) is 4.79 Å². The maximum atomic E-state index is 13.1. The fourth-order valence-corrected chi connectivity index (χ4v) is 3.52. The molecule has 5 aromatic rings. The number of pyridine rings is 1. The molecule has 152 valence electrons. The van der Waals surface area contributed by atoms with E-state index in [2.05, 4.69) is 10.3 Å². The van der Waals surface area contributed by atoms with E-state index in [1.165, 1.54) is 0 Å². The standard InChI is InChI=1S/C25H21N5O/c1-18-10-12-19(13-11-18)24-22(17-30(28-24)21-7-3-2-4-8-21)25(31)26-15-20-16-29-14-6-5-9-23(29)27-20/h2-14,16-17H,15H2,1H3,(H,26,31). The number of hydrogen-bond acceptors (Lipinski definition) is 3. The van der Waals surface area contributed by atoms with Gasteiger partial charge in [-0.05, 0) is 31.2 Å². The molecule has 1 N–H and O–H groups in total. The van der Waals surface area contributed by atoms with Crippen molar-refractivity contribution in [2.24, 2.45) is 0 Å². The fraction of sp³-hybridized carbons (Fsp3) is 0.0800. The predicted octanol–water partition coefficient (Wildman–Crippen LogP) is 4.43. The lowest BCUT2D eigenvalue weighted by atomic mass is 10.1. The first-order chi connectivity index (χ1) is 15.2. The van der Waals surface area contributed by atoms with Crippen molar-refractivity contribution in [2.45, 2.75) is 13.5 Å². The molecule has 0 fully saturated rings. The smallest absolute Gasteiger partial charge is 0.255 e. The van der Waals surface area contributed by atoms with Gasteiger partial charge >= 0.3 is 0 Å². The molecule has 0 saturated heterocycles. The molecule has 0 aliphatic carbocycles. The molecule has 5 rings (SSSR count). The molecule has 0 aliphatic heterocycles. The Balaban J connectivity index is 1.46. The Morgan fingerprint density at radius 3 is 2.48 bits per heavy atom. The van der Waals surface area contributed by atoms with Gasteiger partial charge in [0.25, 0.3) is 5.91 Å². The first kappa shape index (κ1) is 18.8. The molecule has 3 aromatic heterocycles. The van der Waals surface area contributed by atoms with Crippen molar-refractivity contribution < 1.29 is 4.79 Å². The summed E-state index contributed by atoms with van der Waals surface area (Å²) in [5.74, 6) is -0.185. The number of hydrogen-bond donors (Lipinski definition) is 1. The second kappa shape index (κ2) is 7.91. The number of aromatic nitrogens is 4. The summed E-state index contributed by atoms with van der Waals surface area (Å²) >= 11 is 0. The molecule has 0 unspecified atom stereocenters. The Labute approximate surface area is 179 Å². The van der Waals surface area contributed by atoms with Crippen LogP contribution in [0.5, 0.6) is 0 Å². The zero-order valence-corrected chi connectivity index (χ0v) is 17.1. The summed E-state index contributed by atoms with van der Waals surface area (Å²) in [5, 5.41) is 7.72. The number of nitrogens with zero attached hydrogens (tertiary/aromatic N) is 4. The molecular formula is C25H21N5O. The van der Waals surface area contributed by atoms with E-state index >= 15 is 0 Å². The first-order valence-corrected chi connectivity index (χ1v) is 10.1. The molecule has 0 saturated carbocycles. The van der Waals surface area contributed by atoms with Crippen LogP contribution in [0.3, 0.4) is 0 Å². The predicted molar refractivity (Wildman–Crippen MR) is 120 cm³/mol. The molecule has 0 radical (unpaired) electrons. The lowest BCUT2D eigenvalue weighted by molar-refractivity contribution is 0.0951. The van der Waals surface area contributed by atoms with Gasteiger partial charge in [0, 0.05) is 24.2 Å². The average Bonchev–Trinajstić information content (AvgIpc) is 3.43. The van der Waals surface area contributed by atoms with E-state index in [4.69, 9.17) is 5.10 Å². The van der Waals surface area contributed by atoms with E-state index in [0.29, 0.717) is 17.8 Å². The minimum Gasteiger partial charge on any atom is -0.346 e. The molecule has 31 heavy (non-hydrogen) atoms. The highest BCUT2D eigenvalue weighted by Crippen LogP contribution is 2.24. The van der Waals surface area contributed by atoms with Crippen molar-refractivity contribution in [3.8, 4) is 16.9 Å². The zero-order chi connectivity index (χ0) is 21.2. The van der Waals surface area contributed by atoms with E-state index < -0.39 is 0 Å². The molecule has 3 heterocycles. The van der Waals surface area contributed by atoms with Gasteiger partial charge in [0.1, 0.15) is 11.3 Å². The highest BCUT2D eigenvalue weighted by atomic mass is 16.1. The normalized spacial score (nSPS) is 11.0. The third-order valence-corrected chi connectivity index (χ3v) is 5.15. The molecule has 0 spiro atoms. The summed E-state index contributed by atoms with van der Waals surface area (Å²) in [5.41, 5.74) is 5.78. The van der Waals surface area contributed by atoms with Crippen LogP contribution in [0.1, 0.15) is 21.6 Å². The van der Waals surface area contributed by atoms with Crippen LogP contribution in [0.25, 0.3) is 22.6 Å². The van der Waals surface area contributed by atoms with Crippen molar-refractivity contribution >= 4 is 11.6 Å². The second-order valence-corrected chi connectivity index (χ2v) is 7.42. The number of nitrogens with one attached hydrogen (secondary N) is 1. The Bertz CT molecular complexity index is 1320. The van der Waals surface area contributed by atoms with Crippen molar-refractivity contribution in [2.75, 3.05) is 0 Å². The molecule has 0 bridgehead atoms. The zero-order valence-electron chi connectivity index (χ0n) is 17.1. The van der Waals surface area contributed by atoms with Crippen LogP contribution >= 0.6 is 0 Å². The molecular weight excluding hydrogens is 386 g/mol. The molecule has 2 aromatic carbocycles. The Morgan fingerprint density at radius 2 is 1.71 bits per heavy atom. The number of carbonyl (C=O) groups is 1. The fourth-order valence-electron chi connectivity index (χ4n) is 3.52. The number of para-hydroxylation sites is 1. The van der Waals surface area contributed by atoms with Gasteiger partial charge in [0.2, 0.25) is 0 Å². The molecule has 6 nitrogen and oxygen atoms in total. The molecule has 0 aliphatic rings. The molecule has 1 amide bonds. The highest BCUT2D eigenvalue weighted by Gasteiger charge is 2.19. The Morgan fingerprint density at radius 1 is 0.935 bits per heavy atom. The summed E-state index contributed by atoms with van der Waals surface area (Å²) in [6, 6.07) is 23.6. The summed E-state index contributed by atoms with van der Waals surface area (Å²) in [7, 11) is 0. The van der Waals surface area contributed by atoms with Gasteiger partial charge in [0.15, 0.2) is 0 Å². The highest BCUT2D eigenvalue weighted by molar-refractivity contribution is 5.99. The SMILES string of the molecule is Cc1ccc(-c2nn(-c3ccccc3)cc2C(=O)NCc2cn3ccccc3n2)cc1. The van der Waals surface area contributed by atoms with Gasteiger partial charge in [-0.2, -0.15) is 5.10 Å². The first-order valence-electron chi connectivity index (χ1n) is 10.1. The lowest BCUT2D eigenvalue weighted by Gasteiger charge is -2.04. The van der Waals surface area contributed by atoms with Crippen molar-refractivity contribution in [3.63, 3.8) is 0 Å². The van der Waals surface area contributed by atoms with Gasteiger partial charge in [-0.15, -0.1) is 0 Å². The third-order valence-electron chi connectivity index (χ3n) is 5.15. The molecule has 0 atom stereocenters. The monoisotopic (exact) mass is 407 g/mol. The topological polar surface area (TPSA) is 64.2 Å². The van der Waals surface area contributed by atoms with Crippen LogP contribution in [-0.2, 0) is 6.54 Å². The van der Waals surface area contributed by atoms with Crippen LogP contribution in [-0.4, -0.2) is 25.1 Å². The number of imidazole rings is 1. The van der Waals surface area contributed by atoms with E-state index in [-0.39, 0.29) is 5.91 Å². The van der Waals surface area contributed by atoms with Gasteiger partial charge < -0.3 is 9.72 Å². The Hall–Kier alpha value is -4.19. The van der Waals surface area contributed by atoms with Crippen LogP contribution in [0.4, 0.5) is 0 Å². The lowest BCUT2D eigenvalue weighted by Crippen LogP contribution is -2.23. The number of benzene rings is 2. The maximum absolute atomic E-state index is 13.1. The summed E-state index contributed by atoms with van der Waals surface area (Å²) in [6.07, 6.45) is 5.64. The van der Waals surface area contributed by atoms with E-state index in [1.54, 1.807) is 10.9 Å². The summed E-state index contributed by atoms with van der Waals surface area (Å²) < 4.78 is 3.68. The van der Waals surface area contributed by atoms with Crippen LogP contribution in [0.2, 0.25) is 0 Å². The summed E-state index contributed by atoms with van der Waals surface area (Å²) in [4.78, 5) is 17.7. The Kier molecular flexibility index (Phi) is 4.80. The third kappa shape index (κ3) is 3.83. The number of amides is 1. The van der Waals surface area contributed by atoms with Crippen LogP contribution < -0.4 is 5.32 Å². The van der Waals surface area contributed by atoms with Crippen molar-refractivity contribution in [1.82, 2.24) is 24.5 Å². The number of rotatable bonds is 5. The minimum absolute atomic E-state index is 0.185. The van der Waals surface area contributed by atoms with Crippen LogP contribution in [0.15, 0.2) is 91.4 Å². The second-order valence-electron chi connectivity index (χ2n) is 7.42. The van der Waals surface area contributed by atoms with Gasteiger partial charge in [-0.1, -0.05) is 54.1 Å². The van der Waals surface area contributed by atoms with Gasteiger partial charge in [-0.25, -0.2) is 9.67 Å². The van der Waals surface area contributed by atoms with Crippen molar-refractivity contribution in [1.29, 1.82) is 0 Å². The number of carbonyl (C=O) groups excluding carboxylic acids is 1. The van der Waals surface area contributed by atoms with Gasteiger partial charge in [0.05, 0.1) is 23.5 Å². The van der Waals surface area contributed by atoms with E-state index in [1.807, 2.05) is 96.5 Å². The van der Waals surface area contributed by atoms with Crippen LogP contribution in [0, 0.1) is 6.92 Å². The largest absolute Gasteiger partial charge is 0.346 e. The number of fused-ring (bicyclic) bond motifs is 1. The quantitative estimate of drug-likeness (QED) is 0.469.